The van der Waals surface area contributed by atoms with Gasteiger partial charge in [-0.05, 0) is 35.9 Å². The van der Waals surface area contributed by atoms with Crippen LogP contribution in [0.5, 0.6) is 0 Å². The van der Waals surface area contributed by atoms with Gasteiger partial charge in [0.25, 0.3) is 0 Å². The molecule has 0 bridgehead atoms. The maximum Gasteiger partial charge on any atom is 0.416 e. The minimum absolute atomic E-state index is 0.170. The predicted molar refractivity (Wildman–Crippen MR) is 64.5 cm³/mol. The smallest absolute Gasteiger partial charge is 0.416 e. The molecule has 0 amide bonds. The monoisotopic (exact) mass is 266 g/mol. The van der Waals surface area contributed by atoms with Crippen molar-refractivity contribution in [2.75, 3.05) is 0 Å². The summed E-state index contributed by atoms with van der Waals surface area (Å²) in [6, 6.07) is 7.98. The van der Waals surface area contributed by atoms with Gasteiger partial charge in [-0.3, -0.25) is 4.79 Å². The van der Waals surface area contributed by atoms with Gasteiger partial charge in [0.1, 0.15) is 5.76 Å². The minimum atomic E-state index is -4.36. The molecule has 2 nitrogen and oxygen atoms in total. The molecule has 0 saturated carbocycles. The van der Waals surface area contributed by atoms with Gasteiger partial charge >= 0.3 is 6.18 Å². The molecule has 2 rings (SSSR count). The highest BCUT2D eigenvalue weighted by Crippen LogP contribution is 2.29. The van der Waals surface area contributed by atoms with Crippen molar-refractivity contribution in [2.45, 2.75) is 6.18 Å². The Balaban J connectivity index is 2.21. The van der Waals surface area contributed by atoms with Gasteiger partial charge in [-0.2, -0.15) is 13.2 Å². The van der Waals surface area contributed by atoms with E-state index in [4.69, 9.17) is 4.42 Å². The van der Waals surface area contributed by atoms with Crippen molar-refractivity contribution >= 4 is 18.4 Å². The third kappa shape index (κ3) is 3.34. The van der Waals surface area contributed by atoms with Crippen LogP contribution in [0.3, 0.4) is 0 Å². The van der Waals surface area contributed by atoms with Crippen molar-refractivity contribution in [3.8, 4) is 0 Å². The summed E-state index contributed by atoms with van der Waals surface area (Å²) in [5.41, 5.74) is -0.304. The highest BCUT2D eigenvalue weighted by Gasteiger charge is 2.30. The van der Waals surface area contributed by atoms with Gasteiger partial charge in [0, 0.05) is 0 Å². The van der Waals surface area contributed by atoms with E-state index in [0.29, 0.717) is 17.6 Å². The number of carbonyl (C=O) groups is 1. The first-order chi connectivity index (χ1) is 8.99. The standard InChI is InChI=1S/C14H9F3O2/c15-14(16,17)11-3-1-2-10(8-11)4-5-12-6-7-13(9-18)19-12/h1-9H/b5-4+. The maximum atomic E-state index is 12.5. The summed E-state index contributed by atoms with van der Waals surface area (Å²) in [6.45, 7) is 0. The van der Waals surface area contributed by atoms with Gasteiger partial charge in [0.15, 0.2) is 12.0 Å². The second-order valence-electron chi connectivity index (χ2n) is 3.81. The Morgan fingerprint density at radius 3 is 2.37 bits per heavy atom. The van der Waals surface area contributed by atoms with E-state index >= 15 is 0 Å². The number of alkyl halides is 3. The lowest BCUT2D eigenvalue weighted by molar-refractivity contribution is -0.137. The molecule has 0 spiro atoms. The number of halogens is 3. The summed E-state index contributed by atoms with van der Waals surface area (Å²) >= 11 is 0. The highest BCUT2D eigenvalue weighted by molar-refractivity contribution is 5.73. The summed E-state index contributed by atoms with van der Waals surface area (Å²) in [5.74, 6) is 0.572. The lowest BCUT2D eigenvalue weighted by Gasteiger charge is -2.06. The van der Waals surface area contributed by atoms with Crippen molar-refractivity contribution in [1.82, 2.24) is 0 Å². The molecule has 19 heavy (non-hydrogen) atoms. The van der Waals surface area contributed by atoms with E-state index < -0.39 is 11.7 Å². The molecule has 0 N–H and O–H groups in total. The molecule has 0 aliphatic carbocycles. The van der Waals surface area contributed by atoms with Gasteiger partial charge in [-0.15, -0.1) is 0 Å². The van der Waals surface area contributed by atoms with Crippen molar-refractivity contribution < 1.29 is 22.4 Å². The zero-order chi connectivity index (χ0) is 13.9. The molecule has 2 aromatic rings. The summed E-state index contributed by atoms with van der Waals surface area (Å²) in [6.07, 6.45) is -0.814. The maximum absolute atomic E-state index is 12.5. The Morgan fingerprint density at radius 1 is 1.00 bits per heavy atom. The SMILES string of the molecule is O=Cc1ccc(/C=C/c2cccc(C(F)(F)F)c2)o1. The Bertz CT molecular complexity index is 609. The van der Waals surface area contributed by atoms with E-state index in [-0.39, 0.29) is 5.76 Å². The first kappa shape index (κ1) is 13.1. The van der Waals surface area contributed by atoms with Gasteiger partial charge in [-0.1, -0.05) is 18.2 Å². The van der Waals surface area contributed by atoms with Crippen molar-refractivity contribution in [1.29, 1.82) is 0 Å². The number of carbonyl (C=O) groups excluding carboxylic acids is 1. The Kier molecular flexibility index (Phi) is 3.55. The Morgan fingerprint density at radius 2 is 1.74 bits per heavy atom. The molecule has 5 heteroatoms. The molecule has 98 valence electrons. The van der Waals surface area contributed by atoms with Gasteiger partial charge in [0.05, 0.1) is 5.56 Å². The molecular weight excluding hydrogens is 257 g/mol. The van der Waals surface area contributed by atoms with E-state index in [1.807, 2.05) is 0 Å². The third-order valence-electron chi connectivity index (χ3n) is 2.42. The third-order valence-corrected chi connectivity index (χ3v) is 2.42. The highest BCUT2D eigenvalue weighted by atomic mass is 19.4. The fourth-order valence-electron chi connectivity index (χ4n) is 1.52. The number of hydrogen-bond donors (Lipinski definition) is 0. The summed E-state index contributed by atoms with van der Waals surface area (Å²) in [5, 5.41) is 0. The number of furan rings is 1. The van der Waals surface area contributed by atoms with Crippen molar-refractivity contribution in [3.05, 3.63) is 59.0 Å². The van der Waals surface area contributed by atoms with Gasteiger partial charge in [-0.25, -0.2) is 0 Å². The molecule has 0 saturated heterocycles. The van der Waals surface area contributed by atoms with Crippen LogP contribution in [0.2, 0.25) is 0 Å². The van der Waals surface area contributed by atoms with Crippen LogP contribution in [0, 0.1) is 0 Å². The van der Waals surface area contributed by atoms with E-state index in [0.717, 1.165) is 12.1 Å². The number of hydrogen-bond acceptors (Lipinski definition) is 2. The number of aldehydes is 1. The zero-order valence-electron chi connectivity index (χ0n) is 9.65. The molecule has 0 aliphatic heterocycles. The fraction of sp³-hybridized carbons (Fsp3) is 0.0714. The average Bonchev–Trinajstić information content (AvgIpc) is 2.84. The molecule has 1 aromatic carbocycles. The van der Waals surface area contributed by atoms with Crippen LogP contribution >= 0.6 is 0 Å². The molecule has 0 aliphatic rings. The van der Waals surface area contributed by atoms with E-state index in [2.05, 4.69) is 0 Å². The van der Waals surface area contributed by atoms with Crippen LogP contribution in [0.1, 0.15) is 27.4 Å². The number of benzene rings is 1. The van der Waals surface area contributed by atoms with Crippen LogP contribution in [0.4, 0.5) is 13.2 Å². The zero-order valence-corrected chi connectivity index (χ0v) is 9.65. The fourth-order valence-corrected chi connectivity index (χ4v) is 1.52. The summed E-state index contributed by atoms with van der Waals surface area (Å²) < 4.78 is 42.6. The van der Waals surface area contributed by atoms with Crippen LogP contribution in [-0.4, -0.2) is 6.29 Å². The Labute approximate surface area is 107 Å². The lowest BCUT2D eigenvalue weighted by Crippen LogP contribution is -2.04. The summed E-state index contributed by atoms with van der Waals surface area (Å²) in [7, 11) is 0. The first-order valence-corrected chi connectivity index (χ1v) is 5.39. The molecule has 1 aromatic heterocycles. The van der Waals surface area contributed by atoms with Crippen LogP contribution in [-0.2, 0) is 6.18 Å². The minimum Gasteiger partial charge on any atom is -0.454 e. The molecule has 0 atom stereocenters. The topological polar surface area (TPSA) is 30.2 Å². The molecule has 0 fully saturated rings. The first-order valence-electron chi connectivity index (χ1n) is 5.39. The average molecular weight is 266 g/mol. The normalized spacial score (nSPS) is 11.9. The largest absolute Gasteiger partial charge is 0.454 e. The van der Waals surface area contributed by atoms with E-state index in [1.54, 1.807) is 12.1 Å². The molecular formula is C14H9F3O2. The van der Waals surface area contributed by atoms with Crippen LogP contribution in [0.15, 0.2) is 40.8 Å². The lowest BCUT2D eigenvalue weighted by atomic mass is 10.1. The van der Waals surface area contributed by atoms with E-state index in [9.17, 15) is 18.0 Å². The second kappa shape index (κ2) is 5.14. The van der Waals surface area contributed by atoms with E-state index in [1.165, 1.54) is 24.3 Å². The molecule has 1 heterocycles. The van der Waals surface area contributed by atoms with Crippen molar-refractivity contribution in [2.24, 2.45) is 0 Å². The second-order valence-corrected chi connectivity index (χ2v) is 3.81. The molecule has 0 unspecified atom stereocenters. The van der Waals surface area contributed by atoms with Crippen LogP contribution in [0.25, 0.3) is 12.2 Å². The molecule has 0 radical (unpaired) electrons. The van der Waals surface area contributed by atoms with Crippen molar-refractivity contribution in [3.63, 3.8) is 0 Å². The van der Waals surface area contributed by atoms with Gasteiger partial charge in [0.2, 0.25) is 0 Å². The predicted octanol–water partition coefficient (Wildman–Crippen LogP) is 4.28. The Hall–Kier alpha value is -2.30. The number of rotatable bonds is 3. The van der Waals surface area contributed by atoms with Gasteiger partial charge < -0.3 is 4.42 Å². The quantitative estimate of drug-likeness (QED) is 0.776. The van der Waals surface area contributed by atoms with Crippen LogP contribution < -0.4 is 0 Å². The summed E-state index contributed by atoms with van der Waals surface area (Å²) in [4.78, 5) is 10.4.